The van der Waals surface area contributed by atoms with Crippen molar-refractivity contribution in [3.63, 3.8) is 0 Å². The Kier molecular flexibility index (Phi) is 3.37. The average molecular weight is 324 g/mol. The molecule has 1 aromatic rings. The van der Waals surface area contributed by atoms with Gasteiger partial charge in [0.05, 0.1) is 0 Å². The van der Waals surface area contributed by atoms with E-state index in [0.717, 1.165) is 4.47 Å². The number of rotatable bonds is 1. The quantitative estimate of drug-likeness (QED) is 0.685. The first-order valence-corrected chi connectivity index (χ1v) is 5.26. The zero-order valence-corrected chi connectivity index (χ0v) is 10.0. The molecule has 0 bridgehead atoms. The maximum Gasteiger partial charge on any atom is 0.0311 e. The molecule has 0 aliphatic heterocycles. The third-order valence-corrected chi connectivity index (χ3v) is 3.85. The van der Waals surface area contributed by atoms with Gasteiger partial charge in [-0.1, -0.05) is 13.0 Å². The highest BCUT2D eigenvalue weighted by molar-refractivity contribution is 14.1. The van der Waals surface area contributed by atoms with Crippen LogP contribution in [0.3, 0.4) is 0 Å². The van der Waals surface area contributed by atoms with Crippen LogP contribution < -0.4 is 0 Å². The van der Waals surface area contributed by atoms with E-state index in [0.29, 0.717) is 5.92 Å². The van der Waals surface area contributed by atoms with Crippen molar-refractivity contribution in [1.29, 1.82) is 0 Å². The predicted molar refractivity (Wildman–Crippen MR) is 60.6 cm³/mol. The van der Waals surface area contributed by atoms with Crippen LogP contribution in [-0.2, 0) is 0 Å². The number of halogens is 2. The molecular formula is C9H9BrI. The minimum absolute atomic E-state index is 0.364. The van der Waals surface area contributed by atoms with Crippen molar-refractivity contribution >= 4 is 38.5 Å². The highest BCUT2D eigenvalue weighted by atomic mass is 127. The summed E-state index contributed by atoms with van der Waals surface area (Å²) in [6.45, 7) is 6.05. The topological polar surface area (TPSA) is 0 Å². The van der Waals surface area contributed by atoms with Crippen molar-refractivity contribution in [2.45, 2.75) is 12.8 Å². The van der Waals surface area contributed by atoms with Crippen LogP contribution in [0.4, 0.5) is 0 Å². The lowest BCUT2D eigenvalue weighted by atomic mass is 10.0. The van der Waals surface area contributed by atoms with Crippen molar-refractivity contribution < 1.29 is 0 Å². The van der Waals surface area contributed by atoms with Crippen LogP contribution >= 0.6 is 38.5 Å². The van der Waals surface area contributed by atoms with Gasteiger partial charge in [0.1, 0.15) is 0 Å². The summed E-state index contributed by atoms with van der Waals surface area (Å²) in [7, 11) is 0. The highest BCUT2D eigenvalue weighted by Crippen LogP contribution is 2.23. The van der Waals surface area contributed by atoms with E-state index in [2.05, 4.69) is 70.6 Å². The molecule has 0 fully saturated rings. The summed E-state index contributed by atoms with van der Waals surface area (Å²) in [6.07, 6.45) is 0. The second-order valence-electron chi connectivity index (χ2n) is 2.57. The fraction of sp³-hybridized carbons (Fsp3) is 0.222. The second-order valence-corrected chi connectivity index (χ2v) is 4.59. The highest BCUT2D eigenvalue weighted by Gasteiger charge is 2.01. The summed E-state index contributed by atoms with van der Waals surface area (Å²) in [5.41, 5.74) is 1.28. The fourth-order valence-electron chi connectivity index (χ4n) is 0.819. The Morgan fingerprint density at radius 1 is 1.55 bits per heavy atom. The van der Waals surface area contributed by atoms with Crippen LogP contribution in [0.25, 0.3) is 0 Å². The molecule has 0 aliphatic rings. The van der Waals surface area contributed by atoms with Gasteiger partial charge in [-0.05, 0) is 69.1 Å². The molecule has 0 saturated heterocycles. The largest absolute Gasteiger partial charge is 0.0584 e. The normalized spacial score (nSPS) is 10.6. The van der Waals surface area contributed by atoms with E-state index in [1.807, 2.05) is 0 Å². The van der Waals surface area contributed by atoms with Crippen molar-refractivity contribution in [1.82, 2.24) is 0 Å². The molecule has 0 amide bonds. The van der Waals surface area contributed by atoms with E-state index in [4.69, 9.17) is 0 Å². The Hall–Kier alpha value is 0.430. The second kappa shape index (κ2) is 3.90. The molecule has 2 heteroatoms. The van der Waals surface area contributed by atoms with Gasteiger partial charge in [-0.3, -0.25) is 0 Å². The Bertz CT molecular complexity index is 256. The Morgan fingerprint density at radius 3 is 2.64 bits per heavy atom. The minimum atomic E-state index is 0.364. The smallest absolute Gasteiger partial charge is 0.0311 e. The summed E-state index contributed by atoms with van der Waals surface area (Å²) in [5.74, 6) is 0.364. The average Bonchev–Trinajstić information content (AvgIpc) is 1.94. The van der Waals surface area contributed by atoms with Gasteiger partial charge in [0.2, 0.25) is 0 Å². The van der Waals surface area contributed by atoms with Gasteiger partial charge in [-0.25, -0.2) is 0 Å². The van der Waals surface area contributed by atoms with Gasteiger partial charge in [0.25, 0.3) is 0 Å². The van der Waals surface area contributed by atoms with E-state index < -0.39 is 0 Å². The van der Waals surface area contributed by atoms with Gasteiger partial charge in [0.15, 0.2) is 0 Å². The summed E-state index contributed by atoms with van der Waals surface area (Å²) >= 11 is 5.78. The lowest BCUT2D eigenvalue weighted by Gasteiger charge is -2.05. The molecule has 1 radical (unpaired) electrons. The van der Waals surface area contributed by atoms with Crippen LogP contribution in [0, 0.1) is 10.5 Å². The molecule has 0 saturated carbocycles. The zero-order valence-electron chi connectivity index (χ0n) is 6.27. The summed E-state index contributed by atoms with van der Waals surface area (Å²) < 4.78 is 2.40. The van der Waals surface area contributed by atoms with E-state index in [1.54, 1.807) is 0 Å². The van der Waals surface area contributed by atoms with Crippen LogP contribution in [0.5, 0.6) is 0 Å². The molecule has 59 valence electrons. The first-order chi connectivity index (χ1) is 5.11. The molecule has 0 aromatic heterocycles. The predicted octanol–water partition coefficient (Wildman–Crippen LogP) is 3.99. The maximum atomic E-state index is 3.96. The van der Waals surface area contributed by atoms with Crippen LogP contribution in [0.2, 0.25) is 0 Å². The molecule has 0 N–H and O–H groups in total. The third-order valence-electron chi connectivity index (χ3n) is 1.51. The summed E-state index contributed by atoms with van der Waals surface area (Å²) in [6, 6.07) is 6.34. The lowest BCUT2D eigenvalue weighted by Crippen LogP contribution is -1.87. The molecule has 1 aromatic carbocycles. The Balaban J connectivity index is 3.05. The van der Waals surface area contributed by atoms with E-state index in [1.165, 1.54) is 9.13 Å². The van der Waals surface area contributed by atoms with Crippen LogP contribution in [0.1, 0.15) is 18.4 Å². The zero-order chi connectivity index (χ0) is 8.43. The molecule has 0 aliphatic carbocycles. The maximum absolute atomic E-state index is 3.96. The van der Waals surface area contributed by atoms with Crippen LogP contribution in [0.15, 0.2) is 22.7 Å². The van der Waals surface area contributed by atoms with Crippen molar-refractivity contribution in [2.24, 2.45) is 0 Å². The summed E-state index contributed by atoms with van der Waals surface area (Å²) in [5, 5.41) is 0. The summed E-state index contributed by atoms with van der Waals surface area (Å²) in [4.78, 5) is 0. The minimum Gasteiger partial charge on any atom is -0.0584 e. The van der Waals surface area contributed by atoms with Gasteiger partial charge in [0, 0.05) is 8.04 Å². The van der Waals surface area contributed by atoms with Crippen molar-refractivity contribution in [2.75, 3.05) is 0 Å². The standard InChI is InChI=1S/C9H9BrI/c1-6(2)7-3-4-9(11)8(10)5-7/h3-6H,1H2,2H3. The van der Waals surface area contributed by atoms with Crippen molar-refractivity contribution in [3.8, 4) is 0 Å². The number of benzene rings is 1. The van der Waals surface area contributed by atoms with Crippen LogP contribution in [-0.4, -0.2) is 0 Å². The SMILES string of the molecule is [CH2]C(C)c1ccc(I)c(Br)c1. The van der Waals surface area contributed by atoms with E-state index >= 15 is 0 Å². The monoisotopic (exact) mass is 323 g/mol. The number of hydrogen-bond donors (Lipinski definition) is 0. The molecule has 11 heavy (non-hydrogen) atoms. The van der Waals surface area contributed by atoms with Gasteiger partial charge in [-0.2, -0.15) is 0 Å². The molecular weight excluding hydrogens is 315 g/mol. The molecule has 1 rings (SSSR count). The third kappa shape index (κ3) is 2.44. The fourth-order valence-corrected chi connectivity index (χ4v) is 1.55. The number of hydrogen-bond acceptors (Lipinski definition) is 0. The van der Waals surface area contributed by atoms with E-state index in [9.17, 15) is 0 Å². The molecule has 1 unspecified atom stereocenters. The molecule has 0 nitrogen and oxygen atoms in total. The van der Waals surface area contributed by atoms with Crippen molar-refractivity contribution in [3.05, 3.63) is 38.7 Å². The molecule has 0 spiro atoms. The van der Waals surface area contributed by atoms with Gasteiger partial charge >= 0.3 is 0 Å². The lowest BCUT2D eigenvalue weighted by molar-refractivity contribution is 0.962. The Morgan fingerprint density at radius 2 is 2.18 bits per heavy atom. The van der Waals surface area contributed by atoms with Gasteiger partial charge in [-0.15, -0.1) is 0 Å². The first kappa shape index (κ1) is 9.52. The molecule has 0 heterocycles. The first-order valence-electron chi connectivity index (χ1n) is 3.39. The molecule has 1 atom stereocenters. The van der Waals surface area contributed by atoms with E-state index in [-0.39, 0.29) is 0 Å². The van der Waals surface area contributed by atoms with Gasteiger partial charge < -0.3 is 0 Å². The Labute approximate surface area is 89.7 Å².